The molecule has 0 atom stereocenters. The number of unbranched alkanes of at least 4 members (excludes halogenated alkanes) is 18. The molecule has 0 bridgehead atoms. The number of rotatable bonds is 34. The zero-order chi connectivity index (χ0) is 31.9. The average Bonchev–Trinajstić information content (AvgIpc) is 2.96. The highest BCUT2D eigenvalue weighted by atomic mass is 16.4. The molecule has 7 nitrogen and oxygen atoms in total. The summed E-state index contributed by atoms with van der Waals surface area (Å²) in [4.78, 5) is 32.9. The molecule has 0 rings (SSSR count). The van der Waals surface area contributed by atoms with Gasteiger partial charge in [-0.3, -0.25) is 9.59 Å². The van der Waals surface area contributed by atoms with Crippen LogP contribution in [0.1, 0.15) is 174 Å². The van der Waals surface area contributed by atoms with Crippen molar-refractivity contribution in [3.05, 3.63) is 12.2 Å². The highest BCUT2D eigenvalue weighted by Gasteiger charge is 2.26. The highest BCUT2D eigenvalue weighted by molar-refractivity contribution is 5.66. The summed E-state index contributed by atoms with van der Waals surface area (Å²) in [5, 5.41) is 29.0. The van der Waals surface area contributed by atoms with E-state index in [1.54, 1.807) is 0 Å². The van der Waals surface area contributed by atoms with E-state index in [2.05, 4.69) is 19.1 Å². The van der Waals surface area contributed by atoms with Crippen molar-refractivity contribution in [3.63, 3.8) is 0 Å². The summed E-state index contributed by atoms with van der Waals surface area (Å²) in [5.74, 6) is -2.56. The zero-order valence-electron chi connectivity index (χ0n) is 27.8. The number of carboxylic acid groups (broad SMARTS) is 3. The molecule has 0 saturated carbocycles. The minimum Gasteiger partial charge on any atom is -0.550 e. The molecule has 43 heavy (non-hydrogen) atoms. The molecule has 0 aliphatic rings. The number of carbonyl (C=O) groups excluding carboxylic acids is 1. The minimum absolute atomic E-state index is 0.0644. The topological polar surface area (TPSA) is 115 Å². The van der Waals surface area contributed by atoms with Gasteiger partial charge in [0.15, 0.2) is 0 Å². The largest absolute Gasteiger partial charge is 0.550 e. The predicted octanol–water partition coefficient (Wildman–Crippen LogP) is 8.44. The van der Waals surface area contributed by atoms with Crippen molar-refractivity contribution in [1.29, 1.82) is 0 Å². The Hall–Kier alpha value is -1.89. The maximum Gasteiger partial charge on any atom is 0.303 e. The first-order chi connectivity index (χ1) is 20.8. The van der Waals surface area contributed by atoms with E-state index in [-0.39, 0.29) is 19.3 Å². The van der Waals surface area contributed by atoms with Crippen LogP contribution in [0.4, 0.5) is 0 Å². The monoisotopic (exact) mass is 609 g/mol. The van der Waals surface area contributed by atoms with E-state index in [0.717, 1.165) is 56.3 Å². The highest BCUT2D eigenvalue weighted by Crippen LogP contribution is 2.20. The van der Waals surface area contributed by atoms with Crippen LogP contribution in [-0.4, -0.2) is 58.8 Å². The smallest absolute Gasteiger partial charge is 0.303 e. The third kappa shape index (κ3) is 29.9. The maximum absolute atomic E-state index is 11.0. The fourth-order valence-electron chi connectivity index (χ4n) is 6.06. The van der Waals surface area contributed by atoms with E-state index >= 15 is 0 Å². The molecule has 2 N–H and O–H groups in total. The first-order valence-electron chi connectivity index (χ1n) is 17.9. The standard InChI is InChI=1S/C36H67NO6/c1-2-3-4-5-6-7-8-9-10-11-12-13-14-15-16-17-18-19-23-30-37(31-24-20-27-34(38)39,32-25-21-28-35(40)41)33-26-22-29-36(42)43/h6-7H,2-5,8-33H2,1H3,(H2-,38,39,40,41,42,43)/b7-6+. The molecule has 0 heterocycles. The van der Waals surface area contributed by atoms with Crippen molar-refractivity contribution in [3.8, 4) is 0 Å². The summed E-state index contributed by atoms with van der Waals surface area (Å²) in [6, 6.07) is 0. The molecule has 0 aromatic carbocycles. The quantitative estimate of drug-likeness (QED) is 0.0430. The SMILES string of the molecule is CCCCC/C=C/CCCCCCCCCCCCCC[N+](CCCCC(=O)[O-])(CCCCC(=O)O)CCCCC(=O)O. The average molecular weight is 610 g/mol. The van der Waals surface area contributed by atoms with Crippen LogP contribution < -0.4 is 5.11 Å². The van der Waals surface area contributed by atoms with E-state index in [9.17, 15) is 19.5 Å². The van der Waals surface area contributed by atoms with Crippen LogP contribution in [0, 0.1) is 0 Å². The van der Waals surface area contributed by atoms with Crippen molar-refractivity contribution >= 4 is 17.9 Å². The second kappa shape index (κ2) is 30.1. The Kier molecular flexibility index (Phi) is 28.8. The van der Waals surface area contributed by atoms with Crippen LogP contribution in [0.3, 0.4) is 0 Å². The second-order valence-electron chi connectivity index (χ2n) is 12.8. The third-order valence-corrected chi connectivity index (χ3v) is 8.70. The maximum atomic E-state index is 11.0. The molecular weight excluding hydrogens is 542 g/mol. The van der Waals surface area contributed by atoms with Gasteiger partial charge >= 0.3 is 11.9 Å². The van der Waals surface area contributed by atoms with Gasteiger partial charge in [0.1, 0.15) is 0 Å². The molecule has 0 radical (unpaired) electrons. The summed E-state index contributed by atoms with van der Waals surface area (Å²) in [5.41, 5.74) is 0. The van der Waals surface area contributed by atoms with E-state index in [4.69, 9.17) is 10.2 Å². The van der Waals surface area contributed by atoms with E-state index in [1.807, 2.05) is 0 Å². The van der Waals surface area contributed by atoms with Gasteiger partial charge in [-0.15, -0.1) is 0 Å². The first-order valence-corrected chi connectivity index (χ1v) is 17.9. The van der Waals surface area contributed by atoms with Gasteiger partial charge in [0.2, 0.25) is 0 Å². The Labute approximate surface area is 264 Å². The molecule has 0 aromatic heterocycles. The van der Waals surface area contributed by atoms with Gasteiger partial charge in [0, 0.05) is 18.8 Å². The Balaban J connectivity index is 4.28. The Morgan fingerprint density at radius 3 is 1.19 bits per heavy atom. The van der Waals surface area contributed by atoms with Crippen molar-refractivity contribution in [2.75, 3.05) is 26.2 Å². The number of nitrogens with zero attached hydrogens (tertiary/aromatic N) is 1. The summed E-state index contributed by atoms with van der Waals surface area (Å²) in [6.07, 6.45) is 31.4. The van der Waals surface area contributed by atoms with Crippen molar-refractivity contribution < 1.29 is 34.2 Å². The number of hydrogen-bond acceptors (Lipinski definition) is 4. The van der Waals surface area contributed by atoms with E-state index in [0.29, 0.717) is 19.3 Å². The molecule has 0 amide bonds. The van der Waals surface area contributed by atoms with Crippen LogP contribution in [0.5, 0.6) is 0 Å². The van der Waals surface area contributed by atoms with E-state index in [1.165, 1.54) is 103 Å². The predicted molar refractivity (Wildman–Crippen MR) is 175 cm³/mol. The van der Waals surface area contributed by atoms with Crippen molar-refractivity contribution in [2.45, 2.75) is 174 Å². The van der Waals surface area contributed by atoms with Crippen molar-refractivity contribution in [1.82, 2.24) is 0 Å². The fourth-order valence-corrected chi connectivity index (χ4v) is 6.06. The lowest BCUT2D eigenvalue weighted by molar-refractivity contribution is -0.929. The number of quaternary nitrogens is 1. The van der Waals surface area contributed by atoms with Crippen LogP contribution in [0.15, 0.2) is 12.2 Å². The van der Waals surface area contributed by atoms with Gasteiger partial charge in [0.05, 0.1) is 26.2 Å². The summed E-state index contributed by atoms with van der Waals surface area (Å²) < 4.78 is 0.849. The Morgan fingerprint density at radius 1 is 0.488 bits per heavy atom. The van der Waals surface area contributed by atoms with Crippen LogP contribution in [0.2, 0.25) is 0 Å². The molecule has 0 unspecified atom stereocenters. The summed E-state index contributed by atoms with van der Waals surface area (Å²) in [7, 11) is 0. The third-order valence-electron chi connectivity index (χ3n) is 8.70. The molecule has 0 aliphatic heterocycles. The lowest BCUT2D eigenvalue weighted by Gasteiger charge is -2.39. The normalized spacial score (nSPS) is 11.8. The summed E-state index contributed by atoms with van der Waals surface area (Å²) >= 11 is 0. The van der Waals surface area contributed by atoms with Gasteiger partial charge in [-0.2, -0.15) is 0 Å². The number of carboxylic acids is 3. The number of hydrogen-bond donors (Lipinski definition) is 2. The van der Waals surface area contributed by atoms with Crippen molar-refractivity contribution in [2.24, 2.45) is 0 Å². The van der Waals surface area contributed by atoms with E-state index < -0.39 is 17.9 Å². The first kappa shape index (κ1) is 41.1. The molecular formula is C36H67NO6. The van der Waals surface area contributed by atoms with Crippen LogP contribution >= 0.6 is 0 Å². The Morgan fingerprint density at radius 2 is 0.814 bits per heavy atom. The molecule has 7 heteroatoms. The molecule has 0 spiro atoms. The van der Waals surface area contributed by atoms with Gasteiger partial charge in [-0.1, -0.05) is 89.7 Å². The molecule has 0 fully saturated rings. The molecule has 0 saturated heterocycles. The molecule has 0 aromatic rings. The lowest BCUT2D eigenvalue weighted by Crippen LogP contribution is -2.51. The number of aliphatic carboxylic acids is 3. The second-order valence-corrected chi connectivity index (χ2v) is 12.8. The lowest BCUT2D eigenvalue weighted by atomic mass is 10.0. The van der Waals surface area contributed by atoms with Gasteiger partial charge in [-0.25, -0.2) is 0 Å². The molecule has 252 valence electrons. The minimum atomic E-state index is -1.02. The number of allylic oxidation sites excluding steroid dienone is 2. The summed E-state index contributed by atoms with van der Waals surface area (Å²) in [6.45, 7) is 5.87. The fraction of sp³-hybridized carbons (Fsp3) is 0.861. The number of carbonyl (C=O) groups is 3. The zero-order valence-corrected chi connectivity index (χ0v) is 27.8. The van der Waals surface area contributed by atoms with Gasteiger partial charge in [-0.05, 0) is 83.5 Å². The van der Waals surface area contributed by atoms with Crippen LogP contribution in [-0.2, 0) is 14.4 Å². The molecule has 0 aliphatic carbocycles. The van der Waals surface area contributed by atoms with Crippen LogP contribution in [0.25, 0.3) is 0 Å². The Bertz CT molecular complexity index is 653. The van der Waals surface area contributed by atoms with Gasteiger partial charge < -0.3 is 24.6 Å². The van der Waals surface area contributed by atoms with Gasteiger partial charge in [0.25, 0.3) is 0 Å².